The Morgan fingerprint density at radius 2 is 1.86 bits per heavy atom. The van der Waals surface area contributed by atoms with Gasteiger partial charge in [0.25, 0.3) is 0 Å². The lowest BCUT2D eigenvalue weighted by atomic mass is 9.90. The molecule has 4 heteroatoms. The molecule has 0 atom stereocenters. The molecule has 0 saturated carbocycles. The zero-order chi connectivity index (χ0) is 15.5. The number of nitrogens with one attached hydrogen (secondary N) is 1. The molecule has 114 valence electrons. The number of benzene rings is 1. The molecule has 0 amide bonds. The fraction of sp³-hybridized carbons (Fsp3) is 0.471. The third kappa shape index (κ3) is 3.64. The minimum absolute atomic E-state index is 0.00638. The van der Waals surface area contributed by atoms with Gasteiger partial charge in [-0.25, -0.2) is 4.68 Å². The monoisotopic (exact) mass is 286 g/mol. The molecule has 1 aromatic carbocycles. The van der Waals surface area contributed by atoms with E-state index in [-0.39, 0.29) is 5.41 Å². The Kier molecular flexibility index (Phi) is 4.68. The molecule has 1 heterocycles. The molecule has 0 saturated heterocycles. The number of aromatic nitrogens is 2. The van der Waals surface area contributed by atoms with Crippen LogP contribution in [-0.2, 0) is 5.41 Å². The summed E-state index contributed by atoms with van der Waals surface area (Å²) < 4.78 is 2.03. The van der Waals surface area contributed by atoms with Crippen LogP contribution in [0.15, 0.2) is 30.5 Å². The number of anilines is 1. The summed E-state index contributed by atoms with van der Waals surface area (Å²) in [5.41, 5.74) is 10.2. The molecule has 0 radical (unpaired) electrons. The van der Waals surface area contributed by atoms with Gasteiger partial charge in [-0.15, -0.1) is 0 Å². The van der Waals surface area contributed by atoms with Crippen molar-refractivity contribution < 1.29 is 0 Å². The third-order valence-corrected chi connectivity index (χ3v) is 3.45. The first-order valence-electron chi connectivity index (χ1n) is 7.53. The summed E-state index contributed by atoms with van der Waals surface area (Å²) >= 11 is 0. The maximum absolute atomic E-state index is 5.57. The van der Waals surface area contributed by atoms with Gasteiger partial charge < -0.3 is 11.1 Å². The highest BCUT2D eigenvalue weighted by atomic mass is 15.3. The van der Waals surface area contributed by atoms with Crippen molar-refractivity contribution in [1.29, 1.82) is 0 Å². The number of nitrogens with zero attached hydrogens (tertiary/aromatic N) is 2. The lowest BCUT2D eigenvalue weighted by Gasteiger charge is -2.23. The van der Waals surface area contributed by atoms with Crippen LogP contribution in [-0.4, -0.2) is 22.9 Å². The minimum Gasteiger partial charge on any atom is -0.382 e. The highest BCUT2D eigenvalue weighted by Crippen LogP contribution is 2.31. The fourth-order valence-electron chi connectivity index (χ4n) is 2.41. The van der Waals surface area contributed by atoms with E-state index in [1.54, 1.807) is 0 Å². The normalized spacial score (nSPS) is 11.7. The van der Waals surface area contributed by atoms with Gasteiger partial charge in [-0.3, -0.25) is 0 Å². The topological polar surface area (TPSA) is 55.9 Å². The van der Waals surface area contributed by atoms with Gasteiger partial charge in [0.1, 0.15) is 0 Å². The van der Waals surface area contributed by atoms with Gasteiger partial charge in [0.05, 0.1) is 23.3 Å². The van der Waals surface area contributed by atoms with E-state index in [9.17, 15) is 0 Å². The minimum atomic E-state index is 0.00638. The van der Waals surface area contributed by atoms with Crippen molar-refractivity contribution in [3.63, 3.8) is 0 Å². The first-order chi connectivity index (χ1) is 9.93. The molecule has 3 N–H and O–H groups in total. The van der Waals surface area contributed by atoms with Crippen molar-refractivity contribution in [3.8, 4) is 5.69 Å². The highest BCUT2D eigenvalue weighted by Gasteiger charge is 2.24. The summed E-state index contributed by atoms with van der Waals surface area (Å²) in [6.45, 7) is 10.3. The molecule has 0 spiro atoms. The van der Waals surface area contributed by atoms with Gasteiger partial charge in [0, 0.05) is 12.0 Å². The van der Waals surface area contributed by atoms with E-state index < -0.39 is 0 Å². The molecular weight excluding hydrogens is 260 g/mol. The molecule has 2 aromatic rings. The van der Waals surface area contributed by atoms with E-state index in [0.29, 0.717) is 6.54 Å². The molecule has 1 aromatic heterocycles. The Hall–Kier alpha value is -1.81. The SMILES string of the molecule is Cc1ccc(-n2ncc(NCCCN)c2C(C)(C)C)cc1. The largest absolute Gasteiger partial charge is 0.382 e. The summed E-state index contributed by atoms with van der Waals surface area (Å²) in [6.07, 6.45) is 2.87. The first kappa shape index (κ1) is 15.6. The van der Waals surface area contributed by atoms with Crippen LogP contribution in [0.3, 0.4) is 0 Å². The van der Waals surface area contributed by atoms with Crippen molar-refractivity contribution in [3.05, 3.63) is 41.7 Å². The Labute approximate surface area is 127 Å². The number of rotatable bonds is 5. The van der Waals surface area contributed by atoms with Crippen molar-refractivity contribution >= 4 is 5.69 Å². The Morgan fingerprint density at radius 1 is 1.19 bits per heavy atom. The van der Waals surface area contributed by atoms with E-state index in [1.807, 2.05) is 10.9 Å². The average molecular weight is 286 g/mol. The van der Waals surface area contributed by atoms with Gasteiger partial charge in [0.2, 0.25) is 0 Å². The summed E-state index contributed by atoms with van der Waals surface area (Å²) in [7, 11) is 0. The zero-order valence-electron chi connectivity index (χ0n) is 13.5. The molecule has 0 aliphatic rings. The Bertz CT molecular complexity index is 576. The van der Waals surface area contributed by atoms with Crippen LogP contribution in [0.25, 0.3) is 5.69 Å². The first-order valence-corrected chi connectivity index (χ1v) is 7.53. The predicted molar refractivity (Wildman–Crippen MR) is 89.2 cm³/mol. The van der Waals surface area contributed by atoms with Crippen molar-refractivity contribution in [2.75, 3.05) is 18.4 Å². The molecule has 0 bridgehead atoms. The van der Waals surface area contributed by atoms with Crippen LogP contribution in [0.1, 0.15) is 38.4 Å². The second kappa shape index (κ2) is 6.31. The van der Waals surface area contributed by atoms with E-state index >= 15 is 0 Å². The maximum atomic E-state index is 5.57. The van der Waals surface area contributed by atoms with Gasteiger partial charge in [-0.2, -0.15) is 5.10 Å². The van der Waals surface area contributed by atoms with Crippen molar-refractivity contribution in [2.45, 2.75) is 39.5 Å². The van der Waals surface area contributed by atoms with E-state index in [2.05, 4.69) is 62.4 Å². The van der Waals surface area contributed by atoms with Crippen LogP contribution in [0.4, 0.5) is 5.69 Å². The quantitative estimate of drug-likeness (QED) is 0.830. The van der Waals surface area contributed by atoms with Crippen molar-refractivity contribution in [2.24, 2.45) is 5.73 Å². The standard InChI is InChI=1S/C17H26N4/c1-13-6-8-14(9-7-13)21-16(17(2,3)4)15(12-20-21)19-11-5-10-18/h6-9,12,19H,5,10-11,18H2,1-4H3. The number of hydrogen-bond acceptors (Lipinski definition) is 3. The van der Waals surface area contributed by atoms with Crippen LogP contribution < -0.4 is 11.1 Å². The Morgan fingerprint density at radius 3 is 2.43 bits per heavy atom. The maximum Gasteiger partial charge on any atom is 0.0769 e. The van der Waals surface area contributed by atoms with Gasteiger partial charge in [-0.1, -0.05) is 38.5 Å². The van der Waals surface area contributed by atoms with Crippen LogP contribution in [0.2, 0.25) is 0 Å². The fourth-order valence-corrected chi connectivity index (χ4v) is 2.41. The highest BCUT2D eigenvalue weighted by molar-refractivity contribution is 5.53. The molecule has 0 aliphatic heterocycles. The number of nitrogens with two attached hydrogens (primary N) is 1. The molecular formula is C17H26N4. The average Bonchev–Trinajstić information content (AvgIpc) is 2.84. The molecule has 0 fully saturated rings. The van der Waals surface area contributed by atoms with Crippen LogP contribution in [0, 0.1) is 6.92 Å². The van der Waals surface area contributed by atoms with Gasteiger partial charge in [0.15, 0.2) is 0 Å². The second-order valence-electron chi connectivity index (χ2n) is 6.47. The third-order valence-electron chi connectivity index (χ3n) is 3.45. The molecule has 2 rings (SSSR count). The van der Waals surface area contributed by atoms with Crippen LogP contribution >= 0.6 is 0 Å². The molecule has 0 unspecified atom stereocenters. The number of aryl methyl sites for hydroxylation is 1. The lowest BCUT2D eigenvalue weighted by molar-refractivity contribution is 0.545. The second-order valence-corrected chi connectivity index (χ2v) is 6.47. The lowest BCUT2D eigenvalue weighted by Crippen LogP contribution is -2.20. The smallest absolute Gasteiger partial charge is 0.0769 e. The van der Waals surface area contributed by atoms with Crippen LogP contribution in [0.5, 0.6) is 0 Å². The van der Waals surface area contributed by atoms with E-state index in [1.165, 1.54) is 11.3 Å². The van der Waals surface area contributed by atoms with Gasteiger partial charge in [-0.05, 0) is 32.0 Å². The Balaban J connectivity index is 2.39. The number of hydrogen-bond donors (Lipinski definition) is 2. The summed E-state index contributed by atoms with van der Waals surface area (Å²) in [5, 5.41) is 8.04. The molecule has 21 heavy (non-hydrogen) atoms. The van der Waals surface area contributed by atoms with Gasteiger partial charge >= 0.3 is 0 Å². The van der Waals surface area contributed by atoms with Crippen molar-refractivity contribution in [1.82, 2.24) is 9.78 Å². The predicted octanol–water partition coefficient (Wildman–Crippen LogP) is 3.24. The summed E-state index contributed by atoms with van der Waals surface area (Å²) in [6, 6.07) is 8.46. The zero-order valence-corrected chi connectivity index (χ0v) is 13.5. The summed E-state index contributed by atoms with van der Waals surface area (Å²) in [4.78, 5) is 0. The molecule has 4 nitrogen and oxygen atoms in total. The molecule has 0 aliphatic carbocycles. The van der Waals surface area contributed by atoms with E-state index in [4.69, 9.17) is 5.73 Å². The summed E-state index contributed by atoms with van der Waals surface area (Å²) in [5.74, 6) is 0. The van der Waals surface area contributed by atoms with E-state index in [0.717, 1.165) is 24.3 Å².